The van der Waals surface area contributed by atoms with Gasteiger partial charge in [-0.2, -0.15) is 0 Å². The fourth-order valence-electron chi connectivity index (χ4n) is 1.78. The van der Waals surface area contributed by atoms with Gasteiger partial charge in [0.05, 0.1) is 11.8 Å². The van der Waals surface area contributed by atoms with Crippen LogP contribution in [-0.2, 0) is 4.79 Å². The van der Waals surface area contributed by atoms with E-state index in [1.165, 1.54) is 23.1 Å². The van der Waals surface area contributed by atoms with Crippen LogP contribution in [0.15, 0.2) is 29.3 Å². The molecule has 0 fully saturated rings. The van der Waals surface area contributed by atoms with Gasteiger partial charge in [0, 0.05) is 16.3 Å². The zero-order valence-corrected chi connectivity index (χ0v) is 15.4. The summed E-state index contributed by atoms with van der Waals surface area (Å²) in [7, 11) is 0. The number of anilines is 1. The van der Waals surface area contributed by atoms with Crippen molar-refractivity contribution in [2.45, 2.75) is 12.2 Å². The Bertz CT molecular complexity index is 732. The van der Waals surface area contributed by atoms with Crippen LogP contribution in [0.1, 0.15) is 6.92 Å². The number of carbonyl (C=O) groups excluding carboxylic acids is 1. The SMILES string of the molecule is C[C@H](SC1=NCCS1)C(=O)Nc1nnc(-c2ccc(Cl)cc2)s1. The Labute approximate surface area is 151 Å². The minimum absolute atomic E-state index is 0.0935. The maximum Gasteiger partial charge on any atom is 0.239 e. The summed E-state index contributed by atoms with van der Waals surface area (Å²) < 4.78 is 0.978. The molecule has 23 heavy (non-hydrogen) atoms. The Hall–Kier alpha value is -1.09. The number of benzene rings is 1. The minimum atomic E-state index is -0.220. The maximum absolute atomic E-state index is 12.2. The third kappa shape index (κ3) is 4.47. The molecule has 0 radical (unpaired) electrons. The second-order valence-electron chi connectivity index (χ2n) is 4.66. The van der Waals surface area contributed by atoms with E-state index in [0.717, 1.165) is 27.2 Å². The standard InChI is InChI=1S/C14H13ClN4OS3/c1-8(22-14-16-6-7-21-14)11(20)17-13-19-18-12(23-13)9-2-4-10(15)5-3-9/h2-5,8H,6-7H2,1H3,(H,17,19,20)/t8-/m0/s1. The van der Waals surface area contributed by atoms with Crippen molar-refractivity contribution in [3.05, 3.63) is 29.3 Å². The lowest BCUT2D eigenvalue weighted by Gasteiger charge is -2.09. The number of halogens is 1. The molecule has 0 saturated carbocycles. The quantitative estimate of drug-likeness (QED) is 0.862. The number of aromatic nitrogens is 2. The summed E-state index contributed by atoms with van der Waals surface area (Å²) in [5.41, 5.74) is 0.923. The lowest BCUT2D eigenvalue weighted by Crippen LogP contribution is -2.23. The topological polar surface area (TPSA) is 67.2 Å². The Balaban J connectivity index is 1.61. The van der Waals surface area contributed by atoms with Crippen LogP contribution >= 0.6 is 46.5 Å². The van der Waals surface area contributed by atoms with E-state index in [9.17, 15) is 4.79 Å². The molecule has 1 aliphatic heterocycles. The van der Waals surface area contributed by atoms with Crippen LogP contribution in [0.4, 0.5) is 5.13 Å². The van der Waals surface area contributed by atoms with Gasteiger partial charge < -0.3 is 0 Å². The monoisotopic (exact) mass is 384 g/mol. The number of aliphatic imine (C=N–C) groups is 1. The van der Waals surface area contributed by atoms with Crippen LogP contribution in [-0.4, -0.2) is 38.0 Å². The Morgan fingerprint density at radius 3 is 2.83 bits per heavy atom. The van der Waals surface area contributed by atoms with E-state index in [2.05, 4.69) is 20.5 Å². The first-order chi connectivity index (χ1) is 11.1. The lowest BCUT2D eigenvalue weighted by atomic mass is 10.2. The highest BCUT2D eigenvalue weighted by atomic mass is 35.5. The van der Waals surface area contributed by atoms with Gasteiger partial charge in [-0.15, -0.1) is 10.2 Å². The molecule has 0 unspecified atom stereocenters. The average Bonchev–Trinajstić information content (AvgIpc) is 3.20. The summed E-state index contributed by atoms with van der Waals surface area (Å²) in [5.74, 6) is 0.904. The highest BCUT2D eigenvalue weighted by molar-refractivity contribution is 8.39. The van der Waals surface area contributed by atoms with Crippen LogP contribution < -0.4 is 5.32 Å². The molecule has 2 heterocycles. The predicted octanol–water partition coefficient (Wildman–Crippen LogP) is 4.02. The van der Waals surface area contributed by atoms with Gasteiger partial charge >= 0.3 is 0 Å². The summed E-state index contributed by atoms with van der Waals surface area (Å²) in [6, 6.07) is 7.36. The number of thioether (sulfide) groups is 2. The van der Waals surface area contributed by atoms with Gasteiger partial charge in [-0.1, -0.05) is 58.6 Å². The highest BCUT2D eigenvalue weighted by Crippen LogP contribution is 2.29. The van der Waals surface area contributed by atoms with E-state index in [-0.39, 0.29) is 11.2 Å². The molecule has 0 saturated heterocycles. The van der Waals surface area contributed by atoms with Gasteiger partial charge in [0.2, 0.25) is 11.0 Å². The molecule has 1 aromatic heterocycles. The highest BCUT2D eigenvalue weighted by Gasteiger charge is 2.20. The molecule has 120 valence electrons. The Kier molecular flexibility index (Phi) is 5.58. The largest absolute Gasteiger partial charge is 0.300 e. The van der Waals surface area contributed by atoms with E-state index in [0.29, 0.717) is 10.2 Å². The van der Waals surface area contributed by atoms with Crippen molar-refractivity contribution in [3.63, 3.8) is 0 Å². The van der Waals surface area contributed by atoms with E-state index in [1.54, 1.807) is 23.9 Å². The number of hydrogen-bond donors (Lipinski definition) is 1. The number of rotatable bonds is 4. The predicted molar refractivity (Wildman–Crippen MR) is 101 cm³/mol. The minimum Gasteiger partial charge on any atom is -0.300 e. The van der Waals surface area contributed by atoms with Gasteiger partial charge in [-0.25, -0.2) is 0 Å². The third-order valence-electron chi connectivity index (χ3n) is 2.95. The number of nitrogens with zero attached hydrogens (tertiary/aromatic N) is 3. The molecule has 1 N–H and O–H groups in total. The van der Waals surface area contributed by atoms with Crippen LogP contribution in [0.5, 0.6) is 0 Å². The molecule has 5 nitrogen and oxygen atoms in total. The van der Waals surface area contributed by atoms with Crippen molar-refractivity contribution in [3.8, 4) is 10.6 Å². The fourth-order valence-corrected chi connectivity index (χ4v) is 4.79. The summed E-state index contributed by atoms with van der Waals surface area (Å²) in [5, 5.41) is 12.6. The summed E-state index contributed by atoms with van der Waals surface area (Å²) in [4.78, 5) is 16.6. The first-order valence-corrected chi connectivity index (χ1v) is 9.92. The van der Waals surface area contributed by atoms with Gasteiger partial charge in [0.25, 0.3) is 0 Å². The zero-order chi connectivity index (χ0) is 16.2. The number of nitrogens with one attached hydrogen (secondary N) is 1. The first kappa shape index (κ1) is 16.8. The molecule has 1 aromatic carbocycles. The van der Waals surface area contributed by atoms with E-state index < -0.39 is 0 Å². The van der Waals surface area contributed by atoms with Crippen LogP contribution in [0.25, 0.3) is 10.6 Å². The van der Waals surface area contributed by atoms with Crippen molar-refractivity contribution in [2.24, 2.45) is 4.99 Å². The smallest absolute Gasteiger partial charge is 0.239 e. The molecule has 1 amide bonds. The number of hydrogen-bond acceptors (Lipinski definition) is 7. The van der Waals surface area contributed by atoms with Gasteiger partial charge in [0.15, 0.2) is 0 Å². The summed E-state index contributed by atoms with van der Waals surface area (Å²) in [6.07, 6.45) is 0. The molecule has 0 aliphatic carbocycles. The first-order valence-electron chi connectivity index (χ1n) is 6.86. The zero-order valence-electron chi connectivity index (χ0n) is 12.2. The second kappa shape index (κ2) is 7.65. The Morgan fingerprint density at radius 2 is 2.13 bits per heavy atom. The molecule has 2 aromatic rings. The van der Waals surface area contributed by atoms with E-state index in [4.69, 9.17) is 11.6 Å². The third-order valence-corrected chi connectivity index (χ3v) is 6.39. The molecule has 9 heteroatoms. The second-order valence-corrected chi connectivity index (χ2v) is 8.75. The molecular weight excluding hydrogens is 372 g/mol. The molecule has 1 atom stereocenters. The molecule has 0 spiro atoms. The van der Waals surface area contributed by atoms with Crippen molar-refractivity contribution in [2.75, 3.05) is 17.6 Å². The average molecular weight is 385 g/mol. The molecule has 3 rings (SSSR count). The van der Waals surface area contributed by atoms with Crippen molar-refractivity contribution < 1.29 is 4.79 Å². The van der Waals surface area contributed by atoms with Crippen LogP contribution in [0.2, 0.25) is 5.02 Å². The van der Waals surface area contributed by atoms with Crippen LogP contribution in [0.3, 0.4) is 0 Å². The molecule has 1 aliphatic rings. The van der Waals surface area contributed by atoms with Gasteiger partial charge in [0.1, 0.15) is 9.38 Å². The molecule has 0 bridgehead atoms. The summed E-state index contributed by atoms with van der Waals surface area (Å²) >= 11 is 10.4. The maximum atomic E-state index is 12.2. The normalized spacial score (nSPS) is 15.3. The van der Waals surface area contributed by atoms with Gasteiger partial charge in [-0.3, -0.25) is 15.1 Å². The summed E-state index contributed by atoms with van der Waals surface area (Å²) in [6.45, 7) is 2.70. The number of carbonyl (C=O) groups is 1. The van der Waals surface area contributed by atoms with E-state index in [1.807, 2.05) is 19.1 Å². The van der Waals surface area contributed by atoms with Crippen molar-refractivity contribution in [1.82, 2.24) is 10.2 Å². The van der Waals surface area contributed by atoms with Gasteiger partial charge in [-0.05, 0) is 19.1 Å². The van der Waals surface area contributed by atoms with Crippen LogP contribution in [0, 0.1) is 0 Å². The molecular formula is C14H13ClN4OS3. The Morgan fingerprint density at radius 1 is 1.35 bits per heavy atom. The number of amides is 1. The fraction of sp³-hybridized carbons (Fsp3) is 0.286. The van der Waals surface area contributed by atoms with E-state index >= 15 is 0 Å². The van der Waals surface area contributed by atoms with Crippen molar-refractivity contribution >= 4 is 61.9 Å². The van der Waals surface area contributed by atoms with Crippen molar-refractivity contribution in [1.29, 1.82) is 0 Å². The lowest BCUT2D eigenvalue weighted by molar-refractivity contribution is -0.115.